The number of carbonyl (C=O) groups is 1. The Morgan fingerprint density at radius 1 is 1.14 bits per heavy atom. The third-order valence-electron chi connectivity index (χ3n) is 2.60. The molecule has 0 aromatic carbocycles. The maximum Gasteiger partial charge on any atom is 0.459 e. The van der Waals surface area contributed by atoms with E-state index in [1.165, 1.54) is 6.92 Å². The van der Waals surface area contributed by atoms with Crippen LogP contribution < -0.4 is 0 Å². The topological polar surface area (TPSA) is 26.3 Å². The molecular formula is C12H17F7O2S. The first-order chi connectivity index (χ1) is 9.87. The normalized spacial score (nSPS) is 14.8. The van der Waals surface area contributed by atoms with Crippen LogP contribution >= 0.6 is 11.8 Å². The standard InChI is InChI=1S/C12H17F7O2S/c1-3-6-21-9(20)8(2)22-7-4-5-10(13,14)11(15,16)12(17,18)19/h8H,3-7H2,1-2H3. The number of alkyl halides is 7. The van der Waals surface area contributed by atoms with Gasteiger partial charge in [0.25, 0.3) is 0 Å². The quantitative estimate of drug-likeness (QED) is 0.340. The molecule has 0 amide bonds. The molecule has 0 aromatic rings. The lowest BCUT2D eigenvalue weighted by Gasteiger charge is -2.28. The largest absolute Gasteiger partial charge is 0.465 e. The van der Waals surface area contributed by atoms with Crippen molar-refractivity contribution in [2.24, 2.45) is 0 Å². The maximum absolute atomic E-state index is 13.0. The summed E-state index contributed by atoms with van der Waals surface area (Å²) in [5.74, 6) is -12.0. The molecule has 0 aliphatic heterocycles. The van der Waals surface area contributed by atoms with Crippen LogP contribution in [0, 0.1) is 0 Å². The van der Waals surface area contributed by atoms with E-state index in [9.17, 15) is 35.5 Å². The van der Waals surface area contributed by atoms with Crippen molar-refractivity contribution in [2.45, 2.75) is 56.4 Å². The fourth-order valence-electron chi connectivity index (χ4n) is 1.31. The molecule has 132 valence electrons. The Balaban J connectivity index is 4.27. The fraction of sp³-hybridized carbons (Fsp3) is 0.917. The average Bonchev–Trinajstić information content (AvgIpc) is 2.39. The third-order valence-corrected chi connectivity index (χ3v) is 3.82. The van der Waals surface area contributed by atoms with E-state index in [1.54, 1.807) is 6.92 Å². The van der Waals surface area contributed by atoms with Crippen LogP contribution in [0.1, 0.15) is 33.1 Å². The molecule has 2 nitrogen and oxygen atoms in total. The molecule has 10 heteroatoms. The van der Waals surface area contributed by atoms with E-state index in [1.807, 2.05) is 0 Å². The van der Waals surface area contributed by atoms with E-state index < -0.39 is 42.1 Å². The lowest BCUT2D eigenvalue weighted by atomic mass is 10.1. The van der Waals surface area contributed by atoms with Gasteiger partial charge in [0.15, 0.2) is 0 Å². The molecule has 0 bridgehead atoms. The first-order valence-electron chi connectivity index (χ1n) is 6.47. The van der Waals surface area contributed by atoms with E-state index in [0.29, 0.717) is 6.42 Å². The maximum atomic E-state index is 13.0. The first kappa shape index (κ1) is 21.3. The summed E-state index contributed by atoms with van der Waals surface area (Å²) in [5.41, 5.74) is 0. The second kappa shape index (κ2) is 8.26. The van der Waals surface area contributed by atoms with Crippen molar-refractivity contribution in [3.8, 4) is 0 Å². The van der Waals surface area contributed by atoms with E-state index >= 15 is 0 Å². The molecule has 0 aliphatic rings. The Morgan fingerprint density at radius 3 is 2.14 bits per heavy atom. The van der Waals surface area contributed by atoms with Crippen LogP contribution in [-0.2, 0) is 9.53 Å². The summed E-state index contributed by atoms with van der Waals surface area (Å²) in [5, 5.41) is -0.705. The van der Waals surface area contributed by atoms with Crippen molar-refractivity contribution < 1.29 is 40.3 Å². The molecule has 0 heterocycles. The van der Waals surface area contributed by atoms with Gasteiger partial charge in [0.1, 0.15) is 0 Å². The van der Waals surface area contributed by atoms with E-state index in [4.69, 9.17) is 4.74 Å². The van der Waals surface area contributed by atoms with Gasteiger partial charge in [0.05, 0.1) is 11.9 Å². The summed E-state index contributed by atoms with van der Waals surface area (Å²) in [6.07, 6.45) is -7.92. The van der Waals surface area contributed by atoms with Gasteiger partial charge in [-0.2, -0.15) is 30.7 Å². The Kier molecular flexibility index (Phi) is 8.01. The summed E-state index contributed by atoms with van der Waals surface area (Å²) >= 11 is 0.860. The van der Waals surface area contributed by atoms with Gasteiger partial charge in [-0.3, -0.25) is 4.79 Å². The van der Waals surface area contributed by atoms with Crippen molar-refractivity contribution in [3.63, 3.8) is 0 Å². The Bertz CT molecular complexity index is 358. The predicted molar refractivity (Wildman–Crippen MR) is 68.4 cm³/mol. The van der Waals surface area contributed by atoms with Gasteiger partial charge in [0, 0.05) is 6.42 Å². The number of hydrogen-bond acceptors (Lipinski definition) is 3. The van der Waals surface area contributed by atoms with Crippen molar-refractivity contribution >= 4 is 17.7 Å². The SMILES string of the molecule is CCCOC(=O)C(C)SCCCC(F)(F)C(F)(F)C(F)(F)F. The highest BCUT2D eigenvalue weighted by atomic mass is 32.2. The van der Waals surface area contributed by atoms with Gasteiger partial charge in [-0.15, -0.1) is 11.8 Å². The molecule has 0 aromatic heterocycles. The molecule has 0 saturated heterocycles. The zero-order valence-corrected chi connectivity index (χ0v) is 12.8. The second-order valence-electron chi connectivity index (χ2n) is 4.56. The minimum absolute atomic E-state index is 0.161. The van der Waals surface area contributed by atoms with Crippen LogP contribution in [0.3, 0.4) is 0 Å². The highest BCUT2D eigenvalue weighted by molar-refractivity contribution is 8.00. The van der Waals surface area contributed by atoms with Crippen molar-refractivity contribution in [1.29, 1.82) is 0 Å². The van der Waals surface area contributed by atoms with Crippen LogP contribution in [-0.4, -0.2) is 41.6 Å². The Labute approximate surface area is 127 Å². The molecule has 1 atom stereocenters. The van der Waals surface area contributed by atoms with Gasteiger partial charge in [-0.25, -0.2) is 0 Å². The van der Waals surface area contributed by atoms with Gasteiger partial charge < -0.3 is 4.74 Å². The molecule has 22 heavy (non-hydrogen) atoms. The molecule has 0 radical (unpaired) electrons. The van der Waals surface area contributed by atoms with Crippen LogP contribution in [0.25, 0.3) is 0 Å². The van der Waals surface area contributed by atoms with Crippen molar-refractivity contribution in [3.05, 3.63) is 0 Å². The van der Waals surface area contributed by atoms with Gasteiger partial charge in [-0.1, -0.05) is 6.92 Å². The zero-order chi connectivity index (χ0) is 17.6. The summed E-state index contributed by atoms with van der Waals surface area (Å²) in [6.45, 7) is 3.40. The molecular weight excluding hydrogens is 341 g/mol. The average molecular weight is 358 g/mol. The smallest absolute Gasteiger partial charge is 0.459 e. The summed E-state index contributed by atoms with van der Waals surface area (Å²) in [4.78, 5) is 11.3. The molecule has 1 unspecified atom stereocenters. The molecule has 0 spiro atoms. The summed E-state index contributed by atoms with van der Waals surface area (Å²) in [7, 11) is 0. The van der Waals surface area contributed by atoms with Crippen LogP contribution in [0.5, 0.6) is 0 Å². The number of thioether (sulfide) groups is 1. The number of esters is 1. The number of ether oxygens (including phenoxy) is 1. The Hall–Kier alpha value is -0.670. The highest BCUT2D eigenvalue weighted by Gasteiger charge is 2.72. The first-order valence-corrected chi connectivity index (χ1v) is 7.52. The number of halogens is 7. The molecule has 0 aliphatic carbocycles. The van der Waals surface area contributed by atoms with E-state index in [-0.39, 0.29) is 12.4 Å². The van der Waals surface area contributed by atoms with Crippen LogP contribution in [0.4, 0.5) is 30.7 Å². The Morgan fingerprint density at radius 2 is 1.68 bits per heavy atom. The zero-order valence-electron chi connectivity index (χ0n) is 12.0. The van der Waals surface area contributed by atoms with E-state index in [2.05, 4.69) is 0 Å². The van der Waals surface area contributed by atoms with Gasteiger partial charge in [0.2, 0.25) is 0 Å². The second-order valence-corrected chi connectivity index (χ2v) is 6.01. The monoisotopic (exact) mass is 358 g/mol. The minimum atomic E-state index is -6.30. The van der Waals surface area contributed by atoms with Gasteiger partial charge in [-0.05, 0) is 25.5 Å². The lowest BCUT2D eigenvalue weighted by Crippen LogP contribution is -2.51. The minimum Gasteiger partial charge on any atom is -0.465 e. The number of carbonyl (C=O) groups excluding carboxylic acids is 1. The predicted octanol–water partition coefficient (Wildman–Crippen LogP) is 4.67. The van der Waals surface area contributed by atoms with Crippen LogP contribution in [0.2, 0.25) is 0 Å². The number of rotatable bonds is 9. The third kappa shape index (κ3) is 5.85. The van der Waals surface area contributed by atoms with Crippen molar-refractivity contribution in [1.82, 2.24) is 0 Å². The fourth-order valence-corrected chi connectivity index (χ4v) is 2.18. The van der Waals surface area contributed by atoms with Crippen LogP contribution in [0.15, 0.2) is 0 Å². The summed E-state index contributed by atoms with van der Waals surface area (Å²) in [6, 6.07) is 0. The van der Waals surface area contributed by atoms with Gasteiger partial charge >= 0.3 is 24.0 Å². The van der Waals surface area contributed by atoms with E-state index in [0.717, 1.165) is 11.8 Å². The lowest BCUT2D eigenvalue weighted by molar-refractivity contribution is -0.355. The molecule has 0 N–H and O–H groups in total. The summed E-state index contributed by atoms with van der Waals surface area (Å²) < 4.78 is 91.6. The molecule has 0 saturated carbocycles. The number of hydrogen-bond donors (Lipinski definition) is 0. The highest BCUT2D eigenvalue weighted by Crippen LogP contribution is 2.48. The van der Waals surface area contributed by atoms with Crippen molar-refractivity contribution in [2.75, 3.05) is 12.4 Å². The molecule has 0 rings (SSSR count). The molecule has 0 fully saturated rings.